The summed E-state index contributed by atoms with van der Waals surface area (Å²) in [5, 5.41) is 7.84. The van der Waals surface area contributed by atoms with Crippen molar-refractivity contribution in [3.8, 4) is 0 Å². The molecule has 1 N–H and O–H groups in total. The van der Waals surface area contributed by atoms with Gasteiger partial charge in [-0.05, 0) is 12.5 Å². The van der Waals surface area contributed by atoms with E-state index in [0.717, 1.165) is 16.9 Å². The second kappa shape index (κ2) is 7.25. The van der Waals surface area contributed by atoms with Crippen molar-refractivity contribution in [2.24, 2.45) is 0 Å². The van der Waals surface area contributed by atoms with E-state index in [4.69, 9.17) is 10.1 Å². The van der Waals surface area contributed by atoms with Crippen LogP contribution in [0, 0.1) is 5.41 Å². The third-order valence-electron chi connectivity index (χ3n) is 2.41. The Balaban J connectivity index is 0.00000180. The van der Waals surface area contributed by atoms with Gasteiger partial charge in [0.15, 0.2) is 4.80 Å². The largest absolute Gasteiger partial charge is 0.462 e. The molecule has 2 aromatic rings. The van der Waals surface area contributed by atoms with Crippen LogP contribution in [0.3, 0.4) is 0 Å². The van der Waals surface area contributed by atoms with Gasteiger partial charge in [0, 0.05) is 12.7 Å². The second-order valence-corrected chi connectivity index (χ2v) is 4.77. The van der Waals surface area contributed by atoms with E-state index in [1.54, 1.807) is 17.7 Å². The van der Waals surface area contributed by atoms with Gasteiger partial charge in [-0.25, -0.2) is 4.79 Å². The van der Waals surface area contributed by atoms with Crippen molar-refractivity contribution in [3.63, 3.8) is 0 Å². The van der Waals surface area contributed by atoms with E-state index < -0.39 is 0 Å². The second-order valence-electron chi connectivity index (χ2n) is 3.73. The summed E-state index contributed by atoms with van der Waals surface area (Å²) in [4.78, 5) is 12.4. The van der Waals surface area contributed by atoms with Crippen LogP contribution >= 0.6 is 28.3 Å². The minimum atomic E-state index is -0.359. The van der Waals surface area contributed by atoms with Gasteiger partial charge in [0.2, 0.25) is 0 Å². The van der Waals surface area contributed by atoms with Crippen molar-refractivity contribution in [1.82, 2.24) is 4.57 Å². The van der Waals surface area contributed by atoms with Crippen LogP contribution in [0.5, 0.6) is 0 Å². The van der Waals surface area contributed by atoms with Crippen molar-refractivity contribution in [1.29, 1.82) is 5.41 Å². The molecule has 6 heteroatoms. The van der Waals surface area contributed by atoms with Gasteiger partial charge in [-0.1, -0.05) is 41.7 Å². The van der Waals surface area contributed by atoms with Gasteiger partial charge in [-0.3, -0.25) is 5.41 Å². The number of benzene rings is 1. The zero-order chi connectivity index (χ0) is 13.0. The molecule has 0 radical (unpaired) electrons. The SMILES string of the molecule is Br.CCOC(=O)c1cn(Cc2ccccc2)c(=N)s1. The molecule has 0 atom stereocenters. The Morgan fingerprint density at radius 1 is 1.37 bits per heavy atom. The minimum absolute atomic E-state index is 0. The van der Waals surface area contributed by atoms with Crippen LogP contribution in [-0.4, -0.2) is 17.1 Å². The molecule has 0 fully saturated rings. The number of carbonyl (C=O) groups is 1. The van der Waals surface area contributed by atoms with Crippen molar-refractivity contribution in [3.05, 3.63) is 51.8 Å². The van der Waals surface area contributed by atoms with E-state index in [9.17, 15) is 4.79 Å². The van der Waals surface area contributed by atoms with Gasteiger partial charge in [0.25, 0.3) is 0 Å². The van der Waals surface area contributed by atoms with Gasteiger partial charge in [-0.2, -0.15) is 0 Å². The summed E-state index contributed by atoms with van der Waals surface area (Å²) in [5.41, 5.74) is 1.10. The number of ether oxygens (including phenoxy) is 1. The molecule has 1 heterocycles. The average Bonchev–Trinajstić information content (AvgIpc) is 2.73. The quantitative estimate of drug-likeness (QED) is 0.868. The topological polar surface area (TPSA) is 55.1 Å². The predicted molar refractivity (Wildman–Crippen MR) is 80.0 cm³/mol. The lowest BCUT2D eigenvalue weighted by Crippen LogP contribution is -2.12. The molecular formula is C13H15BrN2O2S. The summed E-state index contributed by atoms with van der Waals surface area (Å²) < 4.78 is 6.66. The number of carbonyl (C=O) groups excluding carboxylic acids is 1. The monoisotopic (exact) mass is 342 g/mol. The maximum atomic E-state index is 11.6. The Morgan fingerprint density at radius 2 is 2.05 bits per heavy atom. The highest BCUT2D eigenvalue weighted by molar-refractivity contribution is 8.93. The summed E-state index contributed by atoms with van der Waals surface area (Å²) in [7, 11) is 0. The Kier molecular flexibility index (Phi) is 5.98. The van der Waals surface area contributed by atoms with E-state index in [1.807, 2.05) is 30.3 Å². The maximum absolute atomic E-state index is 11.6. The third kappa shape index (κ3) is 4.04. The molecule has 0 aliphatic rings. The van der Waals surface area contributed by atoms with Gasteiger partial charge in [-0.15, -0.1) is 17.0 Å². The molecule has 0 unspecified atom stereocenters. The van der Waals surface area contributed by atoms with Crippen molar-refractivity contribution in [2.45, 2.75) is 13.5 Å². The van der Waals surface area contributed by atoms with Crippen LogP contribution in [0.25, 0.3) is 0 Å². The maximum Gasteiger partial charge on any atom is 0.349 e. The van der Waals surface area contributed by atoms with Crippen molar-refractivity contribution < 1.29 is 9.53 Å². The van der Waals surface area contributed by atoms with Crippen LogP contribution in [-0.2, 0) is 11.3 Å². The van der Waals surface area contributed by atoms with Gasteiger partial charge < -0.3 is 9.30 Å². The Labute approximate surface area is 125 Å². The summed E-state index contributed by atoms with van der Waals surface area (Å²) in [5.74, 6) is -0.359. The molecule has 0 saturated carbocycles. The number of hydrogen-bond acceptors (Lipinski definition) is 4. The summed E-state index contributed by atoms with van der Waals surface area (Å²) in [6.07, 6.45) is 1.68. The zero-order valence-corrected chi connectivity index (χ0v) is 13.0. The number of esters is 1. The van der Waals surface area contributed by atoms with Crippen molar-refractivity contribution in [2.75, 3.05) is 6.61 Å². The normalized spacial score (nSPS) is 9.74. The third-order valence-corrected chi connectivity index (χ3v) is 3.33. The summed E-state index contributed by atoms with van der Waals surface area (Å²) >= 11 is 1.14. The number of nitrogens with one attached hydrogen (secondary N) is 1. The Hall–Kier alpha value is -1.40. The molecule has 0 aliphatic carbocycles. The molecule has 0 saturated heterocycles. The summed E-state index contributed by atoms with van der Waals surface area (Å²) in [6, 6.07) is 9.85. The van der Waals surface area contributed by atoms with E-state index in [0.29, 0.717) is 22.8 Å². The highest BCUT2D eigenvalue weighted by atomic mass is 79.9. The fourth-order valence-corrected chi connectivity index (χ4v) is 2.35. The fraction of sp³-hybridized carbons (Fsp3) is 0.231. The number of hydrogen-bond donors (Lipinski definition) is 1. The standard InChI is InChI=1S/C13H14N2O2S.BrH/c1-2-17-12(16)11-9-15(13(14)18-11)8-10-6-4-3-5-7-10;/h3-7,9,14H,2,8H2,1H3;1H. The molecule has 0 amide bonds. The van der Waals surface area contributed by atoms with E-state index in [1.165, 1.54) is 0 Å². The van der Waals surface area contributed by atoms with Crippen LogP contribution in [0.15, 0.2) is 36.5 Å². The molecule has 4 nitrogen and oxygen atoms in total. The van der Waals surface area contributed by atoms with Gasteiger partial charge in [0.05, 0.1) is 6.61 Å². The van der Waals surface area contributed by atoms with Crippen LogP contribution in [0.1, 0.15) is 22.2 Å². The van der Waals surface area contributed by atoms with Crippen molar-refractivity contribution >= 4 is 34.3 Å². The van der Waals surface area contributed by atoms with E-state index >= 15 is 0 Å². The number of aromatic nitrogens is 1. The molecule has 19 heavy (non-hydrogen) atoms. The highest BCUT2D eigenvalue weighted by Crippen LogP contribution is 2.08. The minimum Gasteiger partial charge on any atom is -0.462 e. The number of nitrogens with zero attached hydrogens (tertiary/aromatic N) is 1. The highest BCUT2D eigenvalue weighted by Gasteiger charge is 2.11. The van der Waals surface area contributed by atoms with Gasteiger partial charge >= 0.3 is 5.97 Å². The average molecular weight is 343 g/mol. The van der Waals surface area contributed by atoms with E-state index in [2.05, 4.69) is 0 Å². The molecule has 2 rings (SSSR count). The van der Waals surface area contributed by atoms with Crippen LogP contribution < -0.4 is 4.80 Å². The first-order valence-electron chi connectivity index (χ1n) is 5.66. The molecule has 0 spiro atoms. The number of rotatable bonds is 4. The van der Waals surface area contributed by atoms with Crippen LogP contribution in [0.4, 0.5) is 0 Å². The molecule has 1 aromatic heterocycles. The van der Waals surface area contributed by atoms with Gasteiger partial charge in [0.1, 0.15) is 4.88 Å². The molecule has 102 valence electrons. The molecule has 0 aliphatic heterocycles. The first kappa shape index (κ1) is 15.7. The molecule has 1 aromatic carbocycles. The first-order valence-corrected chi connectivity index (χ1v) is 6.48. The lowest BCUT2D eigenvalue weighted by Gasteiger charge is -2.01. The fourth-order valence-electron chi connectivity index (χ4n) is 1.58. The number of thiazole rings is 1. The molecular weight excluding hydrogens is 328 g/mol. The Morgan fingerprint density at radius 3 is 2.68 bits per heavy atom. The Bertz CT molecular complexity index is 592. The summed E-state index contributed by atoms with van der Waals surface area (Å²) in [6.45, 7) is 2.71. The molecule has 0 bridgehead atoms. The smallest absolute Gasteiger partial charge is 0.349 e. The zero-order valence-electron chi connectivity index (χ0n) is 10.5. The first-order chi connectivity index (χ1) is 8.70. The van der Waals surface area contributed by atoms with E-state index in [-0.39, 0.29) is 23.0 Å². The van der Waals surface area contributed by atoms with Crippen LogP contribution in [0.2, 0.25) is 0 Å². The lowest BCUT2D eigenvalue weighted by atomic mass is 10.2. The predicted octanol–water partition coefficient (Wildman–Crippen LogP) is 2.83. The number of halogens is 1. The lowest BCUT2D eigenvalue weighted by molar-refractivity contribution is 0.0531.